The van der Waals surface area contributed by atoms with E-state index in [0.29, 0.717) is 9.37 Å². The highest BCUT2D eigenvalue weighted by Crippen LogP contribution is 2.24. The van der Waals surface area contributed by atoms with Gasteiger partial charge in [0.15, 0.2) is 0 Å². The Bertz CT molecular complexity index is 559. The summed E-state index contributed by atoms with van der Waals surface area (Å²) in [5, 5.41) is 3.22. The minimum atomic E-state index is -3.50. The van der Waals surface area contributed by atoms with Gasteiger partial charge in [0.1, 0.15) is 0 Å². The number of sulfonamides is 1. The van der Waals surface area contributed by atoms with Crippen molar-refractivity contribution in [3.8, 4) is 0 Å². The number of rotatable bonds is 8. The predicted molar refractivity (Wildman–Crippen MR) is 90.8 cm³/mol. The van der Waals surface area contributed by atoms with Crippen LogP contribution < -0.4 is 10.0 Å². The van der Waals surface area contributed by atoms with Crippen LogP contribution in [-0.4, -0.2) is 21.0 Å². The van der Waals surface area contributed by atoms with Gasteiger partial charge in [0, 0.05) is 17.1 Å². The summed E-state index contributed by atoms with van der Waals surface area (Å²) < 4.78 is 28.4. The van der Waals surface area contributed by atoms with Gasteiger partial charge in [-0.05, 0) is 52.5 Å². The van der Waals surface area contributed by atoms with Crippen molar-refractivity contribution in [3.05, 3.63) is 28.2 Å². The van der Waals surface area contributed by atoms with Gasteiger partial charge < -0.3 is 5.32 Å². The van der Waals surface area contributed by atoms with Gasteiger partial charge in [0.05, 0.1) is 4.90 Å². The molecule has 0 aliphatic heterocycles. The zero-order valence-corrected chi connectivity index (χ0v) is 15.5. The lowest BCUT2D eigenvalue weighted by molar-refractivity contribution is 0.437. The van der Waals surface area contributed by atoms with Gasteiger partial charge in [-0.1, -0.05) is 33.8 Å². The van der Waals surface area contributed by atoms with Gasteiger partial charge >= 0.3 is 0 Å². The van der Waals surface area contributed by atoms with Crippen molar-refractivity contribution in [3.63, 3.8) is 0 Å². The van der Waals surface area contributed by atoms with Crippen LogP contribution in [0.4, 0.5) is 0 Å². The number of benzene rings is 1. The normalized spacial score (nSPS) is 13.6. The van der Waals surface area contributed by atoms with Crippen LogP contribution in [0.5, 0.6) is 0 Å². The molecule has 2 N–H and O–H groups in total. The maximum absolute atomic E-state index is 12.5. The summed E-state index contributed by atoms with van der Waals surface area (Å²) in [7, 11) is -3.50. The summed E-state index contributed by atoms with van der Waals surface area (Å²) in [4.78, 5) is 0.293. The van der Waals surface area contributed by atoms with E-state index in [0.717, 1.165) is 25.1 Å². The van der Waals surface area contributed by atoms with E-state index in [1.807, 2.05) is 39.8 Å². The largest absolute Gasteiger partial charge is 0.313 e. The first-order valence-corrected chi connectivity index (χ1v) is 9.60. The van der Waals surface area contributed by atoms with Gasteiger partial charge in [-0.3, -0.25) is 0 Å². The molecular weight excluding hydrogens is 352 g/mol. The monoisotopic (exact) mass is 376 g/mol. The molecule has 1 aromatic rings. The van der Waals surface area contributed by atoms with E-state index in [4.69, 9.17) is 0 Å². The maximum Gasteiger partial charge on any atom is 0.241 e. The first-order valence-electron chi connectivity index (χ1n) is 7.33. The highest BCUT2D eigenvalue weighted by molar-refractivity contribution is 9.10. The summed E-state index contributed by atoms with van der Waals surface area (Å²) in [6.07, 6.45) is 0.771. The molecule has 0 radical (unpaired) electrons. The van der Waals surface area contributed by atoms with E-state index >= 15 is 0 Å². The van der Waals surface area contributed by atoms with E-state index in [-0.39, 0.29) is 12.0 Å². The van der Waals surface area contributed by atoms with Crippen LogP contribution in [0.3, 0.4) is 0 Å². The van der Waals surface area contributed by atoms with Crippen molar-refractivity contribution in [1.82, 2.24) is 10.0 Å². The third-order valence-corrected chi connectivity index (χ3v) is 5.88. The zero-order valence-electron chi connectivity index (χ0n) is 13.1. The van der Waals surface area contributed by atoms with Crippen LogP contribution in [0, 0.1) is 5.92 Å². The first kappa shape index (κ1) is 18.6. The van der Waals surface area contributed by atoms with E-state index in [1.54, 1.807) is 6.07 Å². The SMILES string of the molecule is CCNCc1ccc(S(=O)(=O)NC(CC)C(C)C)c(Br)c1. The van der Waals surface area contributed by atoms with Crippen LogP contribution in [0.1, 0.15) is 39.7 Å². The minimum Gasteiger partial charge on any atom is -0.313 e. The second-order valence-corrected chi connectivity index (χ2v) is 7.96. The topological polar surface area (TPSA) is 58.2 Å². The fourth-order valence-electron chi connectivity index (χ4n) is 2.10. The maximum atomic E-state index is 12.5. The molecule has 0 aliphatic rings. The Morgan fingerprint density at radius 3 is 2.38 bits per heavy atom. The molecule has 21 heavy (non-hydrogen) atoms. The average molecular weight is 377 g/mol. The number of halogens is 1. The van der Waals surface area contributed by atoms with E-state index < -0.39 is 10.0 Å². The Morgan fingerprint density at radius 2 is 1.90 bits per heavy atom. The lowest BCUT2D eigenvalue weighted by Crippen LogP contribution is -2.38. The minimum absolute atomic E-state index is 0.0525. The molecule has 1 atom stereocenters. The van der Waals surface area contributed by atoms with Crippen molar-refractivity contribution in [2.45, 2.75) is 51.6 Å². The molecular formula is C15H25BrN2O2S. The van der Waals surface area contributed by atoms with Gasteiger partial charge in [0.25, 0.3) is 0 Å². The zero-order chi connectivity index (χ0) is 16.0. The fraction of sp³-hybridized carbons (Fsp3) is 0.600. The summed E-state index contributed by atoms with van der Waals surface area (Å²) in [5.41, 5.74) is 1.05. The second kappa shape index (κ2) is 8.27. The summed E-state index contributed by atoms with van der Waals surface area (Å²) in [5.74, 6) is 0.261. The van der Waals surface area contributed by atoms with Crippen LogP contribution in [0.15, 0.2) is 27.6 Å². The lowest BCUT2D eigenvalue weighted by Gasteiger charge is -2.21. The van der Waals surface area contributed by atoms with Crippen LogP contribution >= 0.6 is 15.9 Å². The molecule has 0 bridgehead atoms. The molecule has 0 fully saturated rings. The molecule has 1 aromatic carbocycles. The average Bonchev–Trinajstić information content (AvgIpc) is 2.42. The highest BCUT2D eigenvalue weighted by Gasteiger charge is 2.23. The Hall–Kier alpha value is -0.430. The van der Waals surface area contributed by atoms with Crippen molar-refractivity contribution < 1.29 is 8.42 Å². The Morgan fingerprint density at radius 1 is 1.24 bits per heavy atom. The number of hydrogen-bond donors (Lipinski definition) is 2. The van der Waals surface area contributed by atoms with Crippen molar-refractivity contribution in [2.75, 3.05) is 6.54 Å². The van der Waals surface area contributed by atoms with Gasteiger partial charge in [-0.15, -0.1) is 0 Å². The first-order chi connectivity index (χ1) is 9.81. The van der Waals surface area contributed by atoms with Crippen molar-refractivity contribution >= 4 is 26.0 Å². The Kier molecular flexibility index (Phi) is 7.33. The Balaban J connectivity index is 2.98. The lowest BCUT2D eigenvalue weighted by atomic mass is 10.0. The molecule has 0 amide bonds. The van der Waals surface area contributed by atoms with Gasteiger partial charge in [-0.2, -0.15) is 0 Å². The molecule has 6 heteroatoms. The van der Waals surface area contributed by atoms with E-state index in [1.165, 1.54) is 0 Å². The summed E-state index contributed by atoms with van der Waals surface area (Å²) >= 11 is 3.38. The van der Waals surface area contributed by atoms with Crippen molar-refractivity contribution in [1.29, 1.82) is 0 Å². The molecule has 0 heterocycles. The molecule has 0 saturated carbocycles. The van der Waals surface area contributed by atoms with Crippen LogP contribution in [0.2, 0.25) is 0 Å². The van der Waals surface area contributed by atoms with Gasteiger partial charge in [0.2, 0.25) is 10.0 Å². The number of hydrogen-bond acceptors (Lipinski definition) is 3. The van der Waals surface area contributed by atoms with Crippen molar-refractivity contribution in [2.24, 2.45) is 5.92 Å². The van der Waals surface area contributed by atoms with Gasteiger partial charge in [-0.25, -0.2) is 13.1 Å². The molecule has 120 valence electrons. The quantitative estimate of drug-likeness (QED) is 0.731. The fourth-order valence-corrected chi connectivity index (χ4v) is 4.69. The molecule has 1 rings (SSSR count). The third kappa shape index (κ3) is 5.36. The molecule has 0 saturated heterocycles. The standard InChI is InChI=1S/C15H25BrN2O2S/c1-5-14(11(3)4)18-21(19,20)15-8-7-12(9-13(15)16)10-17-6-2/h7-9,11,14,17-18H,5-6,10H2,1-4H3. The van der Waals surface area contributed by atoms with E-state index in [2.05, 4.69) is 26.0 Å². The molecule has 0 aromatic heterocycles. The third-order valence-electron chi connectivity index (χ3n) is 3.42. The number of nitrogens with one attached hydrogen (secondary N) is 2. The summed E-state index contributed by atoms with van der Waals surface area (Å²) in [6.45, 7) is 9.67. The predicted octanol–water partition coefficient (Wildman–Crippen LogP) is 3.27. The van der Waals surface area contributed by atoms with E-state index in [9.17, 15) is 8.42 Å². The Labute approximate surface area is 136 Å². The molecule has 1 unspecified atom stereocenters. The molecule has 0 aliphatic carbocycles. The highest BCUT2D eigenvalue weighted by atomic mass is 79.9. The summed E-state index contributed by atoms with van der Waals surface area (Å²) in [6, 6.07) is 5.31. The second-order valence-electron chi connectivity index (χ2n) is 5.43. The molecule has 4 nitrogen and oxygen atoms in total. The van der Waals surface area contributed by atoms with Crippen LogP contribution in [-0.2, 0) is 16.6 Å². The smallest absolute Gasteiger partial charge is 0.241 e. The molecule has 0 spiro atoms. The van der Waals surface area contributed by atoms with Crippen LogP contribution in [0.25, 0.3) is 0 Å².